The standard InChI is InChI=1S/C12H18N4/c1-7(2)9-10-12(13-6-16(10)5)15-11(14-9)8(3)4/h6-8H,1-5H3. The molecule has 2 rings (SSSR count). The van der Waals surface area contributed by atoms with Gasteiger partial charge in [0.05, 0.1) is 12.0 Å². The minimum absolute atomic E-state index is 0.337. The second kappa shape index (κ2) is 3.85. The Bertz CT molecular complexity index is 511. The molecular formula is C12H18N4. The SMILES string of the molecule is CC(C)c1nc(C(C)C)c2c(ncn2C)n1. The third-order valence-electron chi connectivity index (χ3n) is 2.68. The molecule has 0 saturated carbocycles. The summed E-state index contributed by atoms with van der Waals surface area (Å²) in [6, 6.07) is 0. The lowest BCUT2D eigenvalue weighted by Crippen LogP contribution is -2.05. The fourth-order valence-corrected chi connectivity index (χ4v) is 1.77. The molecule has 2 heterocycles. The number of hydrogen-bond acceptors (Lipinski definition) is 3. The first-order valence-electron chi connectivity index (χ1n) is 5.69. The van der Waals surface area contributed by atoms with Gasteiger partial charge in [-0.1, -0.05) is 27.7 Å². The first kappa shape index (κ1) is 11.0. The highest BCUT2D eigenvalue weighted by Gasteiger charge is 2.15. The Morgan fingerprint density at radius 2 is 1.75 bits per heavy atom. The van der Waals surface area contributed by atoms with Gasteiger partial charge >= 0.3 is 0 Å². The summed E-state index contributed by atoms with van der Waals surface area (Å²) in [5.74, 6) is 1.61. The van der Waals surface area contributed by atoms with E-state index in [1.165, 1.54) is 0 Å². The van der Waals surface area contributed by atoms with Crippen LogP contribution in [0.5, 0.6) is 0 Å². The van der Waals surface area contributed by atoms with Gasteiger partial charge in [0.2, 0.25) is 0 Å². The zero-order chi connectivity index (χ0) is 11.9. The number of fused-ring (bicyclic) bond motifs is 1. The maximum atomic E-state index is 4.66. The Labute approximate surface area is 95.7 Å². The lowest BCUT2D eigenvalue weighted by molar-refractivity contribution is 0.736. The summed E-state index contributed by atoms with van der Waals surface area (Å²) in [4.78, 5) is 13.5. The van der Waals surface area contributed by atoms with Crippen molar-refractivity contribution in [1.82, 2.24) is 19.5 Å². The van der Waals surface area contributed by atoms with Crippen LogP contribution in [0, 0.1) is 0 Å². The molecule has 0 bridgehead atoms. The third-order valence-corrected chi connectivity index (χ3v) is 2.68. The molecule has 0 aliphatic rings. The Hall–Kier alpha value is -1.45. The van der Waals surface area contributed by atoms with Crippen molar-refractivity contribution in [2.75, 3.05) is 0 Å². The van der Waals surface area contributed by atoms with Gasteiger partial charge in [0, 0.05) is 13.0 Å². The normalized spacial score (nSPS) is 11.9. The van der Waals surface area contributed by atoms with Crippen LogP contribution in [0.25, 0.3) is 11.2 Å². The smallest absolute Gasteiger partial charge is 0.181 e. The van der Waals surface area contributed by atoms with Crippen molar-refractivity contribution in [1.29, 1.82) is 0 Å². The van der Waals surface area contributed by atoms with Crippen LogP contribution >= 0.6 is 0 Å². The van der Waals surface area contributed by atoms with Gasteiger partial charge in [-0.15, -0.1) is 0 Å². The second-order valence-corrected chi connectivity index (χ2v) is 4.80. The van der Waals surface area contributed by atoms with Crippen LogP contribution in [0.4, 0.5) is 0 Å². The average molecular weight is 218 g/mol. The van der Waals surface area contributed by atoms with Crippen molar-refractivity contribution >= 4 is 11.2 Å². The molecule has 4 nitrogen and oxygen atoms in total. The molecule has 16 heavy (non-hydrogen) atoms. The maximum Gasteiger partial charge on any atom is 0.181 e. The fraction of sp³-hybridized carbons (Fsp3) is 0.583. The topological polar surface area (TPSA) is 43.6 Å². The predicted molar refractivity (Wildman–Crippen MR) is 64.5 cm³/mol. The van der Waals surface area contributed by atoms with E-state index >= 15 is 0 Å². The quantitative estimate of drug-likeness (QED) is 0.778. The zero-order valence-corrected chi connectivity index (χ0v) is 10.5. The van der Waals surface area contributed by atoms with Gasteiger partial charge in [-0.3, -0.25) is 0 Å². The molecule has 0 fully saturated rings. The molecular weight excluding hydrogens is 200 g/mol. The largest absolute Gasteiger partial charge is 0.331 e. The van der Waals surface area contributed by atoms with E-state index in [2.05, 4.69) is 42.6 Å². The summed E-state index contributed by atoms with van der Waals surface area (Å²) in [7, 11) is 1.99. The minimum atomic E-state index is 0.337. The molecule has 0 amide bonds. The second-order valence-electron chi connectivity index (χ2n) is 4.80. The average Bonchev–Trinajstić information content (AvgIpc) is 2.59. The number of imidazole rings is 1. The van der Waals surface area contributed by atoms with E-state index in [0.29, 0.717) is 11.8 Å². The number of nitrogens with zero attached hydrogens (tertiary/aromatic N) is 4. The summed E-state index contributed by atoms with van der Waals surface area (Å²) in [5.41, 5.74) is 2.96. The molecule has 0 N–H and O–H groups in total. The highest BCUT2D eigenvalue weighted by molar-refractivity contribution is 5.74. The van der Waals surface area contributed by atoms with Gasteiger partial charge in [0.15, 0.2) is 5.65 Å². The van der Waals surface area contributed by atoms with Crippen LogP contribution in [-0.4, -0.2) is 19.5 Å². The zero-order valence-electron chi connectivity index (χ0n) is 10.5. The van der Waals surface area contributed by atoms with E-state index in [1.54, 1.807) is 6.33 Å². The number of rotatable bonds is 2. The molecule has 0 atom stereocenters. The molecule has 4 heteroatoms. The molecule has 0 unspecified atom stereocenters. The first-order valence-corrected chi connectivity index (χ1v) is 5.69. The van der Waals surface area contributed by atoms with Gasteiger partial charge in [0.25, 0.3) is 0 Å². The van der Waals surface area contributed by atoms with E-state index < -0.39 is 0 Å². The van der Waals surface area contributed by atoms with Crippen molar-refractivity contribution in [2.45, 2.75) is 39.5 Å². The predicted octanol–water partition coefficient (Wildman–Crippen LogP) is 2.61. The Balaban J connectivity index is 2.76. The molecule has 2 aromatic rings. The van der Waals surface area contributed by atoms with E-state index in [1.807, 2.05) is 11.6 Å². The van der Waals surface area contributed by atoms with Crippen molar-refractivity contribution in [3.05, 3.63) is 17.8 Å². The Morgan fingerprint density at radius 1 is 1.06 bits per heavy atom. The van der Waals surface area contributed by atoms with Crippen molar-refractivity contribution in [3.8, 4) is 0 Å². The number of aryl methyl sites for hydroxylation is 1. The van der Waals surface area contributed by atoms with Crippen LogP contribution in [0.2, 0.25) is 0 Å². The van der Waals surface area contributed by atoms with Crippen molar-refractivity contribution in [3.63, 3.8) is 0 Å². The Kier molecular flexibility index (Phi) is 2.66. The van der Waals surface area contributed by atoms with Gasteiger partial charge in [-0.2, -0.15) is 0 Å². The summed E-state index contributed by atoms with van der Waals surface area (Å²) < 4.78 is 1.99. The van der Waals surface area contributed by atoms with Crippen molar-refractivity contribution in [2.24, 2.45) is 7.05 Å². The van der Waals surface area contributed by atoms with Crippen LogP contribution in [0.1, 0.15) is 51.0 Å². The minimum Gasteiger partial charge on any atom is -0.331 e. The van der Waals surface area contributed by atoms with E-state index in [9.17, 15) is 0 Å². The molecule has 86 valence electrons. The Morgan fingerprint density at radius 3 is 2.31 bits per heavy atom. The van der Waals surface area contributed by atoms with Crippen LogP contribution in [0.15, 0.2) is 6.33 Å². The van der Waals surface area contributed by atoms with Gasteiger partial charge in [-0.05, 0) is 5.92 Å². The number of aromatic nitrogens is 4. The van der Waals surface area contributed by atoms with Crippen LogP contribution < -0.4 is 0 Å². The molecule has 2 aromatic heterocycles. The number of hydrogen-bond donors (Lipinski definition) is 0. The molecule has 0 aliphatic carbocycles. The first-order chi connectivity index (χ1) is 7.50. The monoisotopic (exact) mass is 218 g/mol. The molecule has 0 radical (unpaired) electrons. The lowest BCUT2D eigenvalue weighted by atomic mass is 10.1. The summed E-state index contributed by atoms with van der Waals surface area (Å²) in [5, 5.41) is 0. The summed E-state index contributed by atoms with van der Waals surface area (Å²) >= 11 is 0. The lowest BCUT2D eigenvalue weighted by Gasteiger charge is -2.11. The van der Waals surface area contributed by atoms with E-state index in [-0.39, 0.29) is 0 Å². The highest BCUT2D eigenvalue weighted by atomic mass is 15.1. The molecule has 0 spiro atoms. The van der Waals surface area contributed by atoms with Crippen LogP contribution in [0.3, 0.4) is 0 Å². The summed E-state index contributed by atoms with van der Waals surface area (Å²) in [6.07, 6.45) is 1.80. The third kappa shape index (κ3) is 1.68. The summed E-state index contributed by atoms with van der Waals surface area (Å²) in [6.45, 7) is 8.51. The van der Waals surface area contributed by atoms with Gasteiger partial charge < -0.3 is 4.57 Å². The van der Waals surface area contributed by atoms with Crippen molar-refractivity contribution < 1.29 is 0 Å². The molecule has 0 aromatic carbocycles. The molecule has 0 aliphatic heterocycles. The van der Waals surface area contributed by atoms with Gasteiger partial charge in [0.1, 0.15) is 11.3 Å². The van der Waals surface area contributed by atoms with Crippen LogP contribution in [-0.2, 0) is 7.05 Å². The highest BCUT2D eigenvalue weighted by Crippen LogP contribution is 2.23. The molecule has 0 saturated heterocycles. The fourth-order valence-electron chi connectivity index (χ4n) is 1.77. The maximum absolute atomic E-state index is 4.66. The van der Waals surface area contributed by atoms with Gasteiger partial charge in [-0.25, -0.2) is 15.0 Å². The van der Waals surface area contributed by atoms with E-state index in [4.69, 9.17) is 0 Å². The van der Waals surface area contributed by atoms with E-state index in [0.717, 1.165) is 22.7 Å².